The minimum atomic E-state index is -0.925. The number of Topliss-reactive ketones (excluding diaryl/α,β-unsaturated/α-hetero) is 1. The Balaban J connectivity index is 1.85. The van der Waals surface area contributed by atoms with E-state index in [-0.39, 0.29) is 11.3 Å². The van der Waals surface area contributed by atoms with E-state index in [4.69, 9.17) is 14.2 Å². The van der Waals surface area contributed by atoms with Crippen LogP contribution in [0.3, 0.4) is 0 Å². The average Bonchev–Trinajstić information content (AvgIpc) is 3.17. The molecule has 1 saturated heterocycles. The topological polar surface area (TPSA) is 102 Å². The van der Waals surface area contributed by atoms with E-state index in [9.17, 15) is 19.5 Å². The van der Waals surface area contributed by atoms with Crippen molar-refractivity contribution < 1.29 is 33.7 Å². The molecule has 1 aliphatic heterocycles. The van der Waals surface area contributed by atoms with Crippen LogP contribution in [0.1, 0.15) is 43.0 Å². The number of amides is 1. The van der Waals surface area contributed by atoms with Crippen molar-refractivity contribution in [3.63, 3.8) is 0 Å². The smallest absolute Gasteiger partial charge is 0.308 e. The number of aliphatic hydroxyl groups is 1. The number of methoxy groups -OCH3 is 1. The summed E-state index contributed by atoms with van der Waals surface area (Å²) in [5.41, 5.74) is 2.14. The minimum Gasteiger partial charge on any atom is -0.507 e. The number of benzene rings is 3. The molecule has 1 atom stereocenters. The largest absolute Gasteiger partial charge is 0.507 e. The van der Waals surface area contributed by atoms with Crippen molar-refractivity contribution in [1.82, 2.24) is 0 Å². The summed E-state index contributed by atoms with van der Waals surface area (Å²) in [4.78, 5) is 39.4. The fourth-order valence-corrected chi connectivity index (χ4v) is 4.37. The summed E-state index contributed by atoms with van der Waals surface area (Å²) in [5, 5.41) is 11.4. The molecular formula is C30H29NO7. The zero-order chi connectivity index (χ0) is 27.4. The Labute approximate surface area is 221 Å². The SMILES string of the molecule is CCCOc1ccc(/C(O)=C2/C(=O)C(=O)N(c3ccc(OC)cc3)C2c2ccc(OC(C)=O)cc2)cc1C. The average molecular weight is 516 g/mol. The molecule has 1 fully saturated rings. The summed E-state index contributed by atoms with van der Waals surface area (Å²) >= 11 is 0. The van der Waals surface area contributed by atoms with Gasteiger partial charge in [-0.15, -0.1) is 0 Å². The molecule has 1 aliphatic rings. The van der Waals surface area contributed by atoms with Crippen LogP contribution in [-0.2, 0) is 14.4 Å². The predicted molar refractivity (Wildman–Crippen MR) is 142 cm³/mol. The molecule has 0 aromatic heterocycles. The first-order valence-corrected chi connectivity index (χ1v) is 12.2. The third kappa shape index (κ3) is 5.25. The van der Waals surface area contributed by atoms with Gasteiger partial charge in [0.05, 0.1) is 25.3 Å². The van der Waals surface area contributed by atoms with Crippen LogP contribution in [0, 0.1) is 6.92 Å². The molecule has 3 aromatic rings. The lowest BCUT2D eigenvalue weighted by molar-refractivity contribution is -0.132. The lowest BCUT2D eigenvalue weighted by atomic mass is 9.94. The summed E-state index contributed by atoms with van der Waals surface area (Å²) in [7, 11) is 1.53. The highest BCUT2D eigenvalue weighted by molar-refractivity contribution is 6.51. The Morgan fingerprint density at radius 3 is 2.21 bits per heavy atom. The second kappa shape index (κ2) is 11.2. The fraction of sp³-hybridized carbons (Fsp3) is 0.233. The lowest BCUT2D eigenvalue weighted by Crippen LogP contribution is -2.29. The number of aliphatic hydroxyl groups excluding tert-OH is 1. The zero-order valence-corrected chi connectivity index (χ0v) is 21.7. The third-order valence-electron chi connectivity index (χ3n) is 6.16. The Hall–Kier alpha value is -4.59. The number of ketones is 1. The standard InChI is InChI=1S/C30H29NO7/c1-5-16-37-25-15-8-21(17-18(25)2)28(33)26-27(20-6-11-24(12-7-20)38-19(3)32)31(30(35)29(26)34)22-9-13-23(36-4)14-10-22/h6-15,17,27,33H,5,16H2,1-4H3/b28-26-. The maximum atomic E-state index is 13.4. The van der Waals surface area contributed by atoms with Crippen molar-refractivity contribution in [2.45, 2.75) is 33.2 Å². The zero-order valence-electron chi connectivity index (χ0n) is 21.7. The first-order valence-electron chi connectivity index (χ1n) is 12.2. The van der Waals surface area contributed by atoms with Gasteiger partial charge in [-0.05, 0) is 79.1 Å². The van der Waals surface area contributed by atoms with E-state index in [1.54, 1.807) is 66.7 Å². The number of hydrogen-bond donors (Lipinski definition) is 1. The molecule has 3 aromatic carbocycles. The van der Waals surface area contributed by atoms with Gasteiger partial charge in [-0.3, -0.25) is 19.3 Å². The number of ether oxygens (including phenoxy) is 3. The molecule has 38 heavy (non-hydrogen) atoms. The second-order valence-corrected chi connectivity index (χ2v) is 8.86. The number of hydrogen-bond acceptors (Lipinski definition) is 7. The van der Waals surface area contributed by atoms with Crippen LogP contribution >= 0.6 is 0 Å². The van der Waals surface area contributed by atoms with Crippen molar-refractivity contribution in [3.8, 4) is 17.2 Å². The van der Waals surface area contributed by atoms with Gasteiger partial charge in [-0.2, -0.15) is 0 Å². The van der Waals surface area contributed by atoms with E-state index in [0.29, 0.717) is 40.7 Å². The lowest BCUT2D eigenvalue weighted by Gasteiger charge is -2.25. The van der Waals surface area contributed by atoms with Gasteiger partial charge in [0.15, 0.2) is 0 Å². The maximum absolute atomic E-state index is 13.4. The monoisotopic (exact) mass is 515 g/mol. The van der Waals surface area contributed by atoms with Crippen LogP contribution in [0.25, 0.3) is 5.76 Å². The number of esters is 1. The molecule has 1 unspecified atom stereocenters. The second-order valence-electron chi connectivity index (χ2n) is 8.86. The van der Waals surface area contributed by atoms with Crippen LogP contribution < -0.4 is 19.1 Å². The molecule has 8 nitrogen and oxygen atoms in total. The molecule has 196 valence electrons. The highest BCUT2D eigenvalue weighted by Crippen LogP contribution is 2.43. The molecular weight excluding hydrogens is 486 g/mol. The van der Waals surface area contributed by atoms with Gasteiger partial charge in [-0.25, -0.2) is 0 Å². The van der Waals surface area contributed by atoms with E-state index in [1.807, 2.05) is 13.8 Å². The van der Waals surface area contributed by atoms with Crippen molar-refractivity contribution in [2.24, 2.45) is 0 Å². The van der Waals surface area contributed by atoms with Crippen molar-refractivity contribution in [2.75, 3.05) is 18.6 Å². The minimum absolute atomic E-state index is 0.0484. The molecule has 0 spiro atoms. The number of carbonyl (C=O) groups excluding carboxylic acids is 3. The molecule has 0 bridgehead atoms. The van der Waals surface area contributed by atoms with Crippen molar-refractivity contribution in [1.29, 1.82) is 0 Å². The van der Waals surface area contributed by atoms with Gasteiger partial charge in [0.2, 0.25) is 0 Å². The Kier molecular flexibility index (Phi) is 7.81. The molecule has 0 saturated carbocycles. The quantitative estimate of drug-likeness (QED) is 0.142. The van der Waals surface area contributed by atoms with Crippen LogP contribution in [0.5, 0.6) is 17.2 Å². The molecule has 1 heterocycles. The van der Waals surface area contributed by atoms with Gasteiger partial charge >= 0.3 is 5.97 Å². The first-order chi connectivity index (χ1) is 18.2. The van der Waals surface area contributed by atoms with Crippen LogP contribution in [0.2, 0.25) is 0 Å². The van der Waals surface area contributed by atoms with Gasteiger partial charge < -0.3 is 19.3 Å². The molecule has 0 radical (unpaired) electrons. The van der Waals surface area contributed by atoms with E-state index >= 15 is 0 Å². The fourth-order valence-electron chi connectivity index (χ4n) is 4.37. The van der Waals surface area contributed by atoms with E-state index in [1.165, 1.54) is 18.9 Å². The Bertz CT molecular complexity index is 1390. The van der Waals surface area contributed by atoms with Crippen LogP contribution in [0.15, 0.2) is 72.3 Å². The number of anilines is 1. The normalized spacial score (nSPS) is 16.4. The molecule has 0 aliphatic carbocycles. The number of carbonyl (C=O) groups is 3. The van der Waals surface area contributed by atoms with Gasteiger partial charge in [0.25, 0.3) is 11.7 Å². The Morgan fingerprint density at radius 1 is 0.974 bits per heavy atom. The molecule has 4 rings (SSSR count). The summed E-state index contributed by atoms with van der Waals surface area (Å²) in [6.07, 6.45) is 0.853. The van der Waals surface area contributed by atoms with E-state index in [0.717, 1.165) is 12.0 Å². The molecule has 1 N–H and O–H groups in total. The van der Waals surface area contributed by atoms with E-state index < -0.39 is 23.7 Å². The van der Waals surface area contributed by atoms with Gasteiger partial charge in [0, 0.05) is 18.2 Å². The number of rotatable bonds is 8. The Morgan fingerprint density at radius 2 is 1.63 bits per heavy atom. The van der Waals surface area contributed by atoms with Crippen LogP contribution in [0.4, 0.5) is 5.69 Å². The molecule has 1 amide bonds. The third-order valence-corrected chi connectivity index (χ3v) is 6.16. The van der Waals surface area contributed by atoms with Crippen molar-refractivity contribution in [3.05, 3.63) is 89.0 Å². The number of nitrogens with zero attached hydrogens (tertiary/aromatic N) is 1. The van der Waals surface area contributed by atoms with E-state index in [2.05, 4.69) is 0 Å². The summed E-state index contributed by atoms with van der Waals surface area (Å²) < 4.78 is 16.1. The molecule has 8 heteroatoms. The van der Waals surface area contributed by atoms with Crippen molar-refractivity contribution >= 4 is 29.1 Å². The summed E-state index contributed by atoms with van der Waals surface area (Å²) in [5.74, 6) is -0.752. The number of aryl methyl sites for hydroxylation is 1. The van der Waals surface area contributed by atoms with Crippen LogP contribution in [-0.4, -0.2) is 36.5 Å². The maximum Gasteiger partial charge on any atom is 0.308 e. The highest BCUT2D eigenvalue weighted by atomic mass is 16.5. The summed E-state index contributed by atoms with van der Waals surface area (Å²) in [6, 6.07) is 17.4. The summed E-state index contributed by atoms with van der Waals surface area (Å²) in [6.45, 7) is 5.72. The van der Waals surface area contributed by atoms with Gasteiger partial charge in [-0.1, -0.05) is 19.1 Å². The first kappa shape index (κ1) is 26.5. The highest BCUT2D eigenvalue weighted by Gasteiger charge is 2.47. The predicted octanol–water partition coefficient (Wildman–Crippen LogP) is 5.34. The van der Waals surface area contributed by atoms with Gasteiger partial charge in [0.1, 0.15) is 23.0 Å².